The van der Waals surface area contributed by atoms with Gasteiger partial charge in [-0.1, -0.05) is 0 Å². The normalized spacial score (nSPS) is 11.3. The van der Waals surface area contributed by atoms with Crippen molar-refractivity contribution in [1.82, 2.24) is 15.1 Å². The van der Waals surface area contributed by atoms with Crippen LogP contribution in [0.1, 0.15) is 38.2 Å². The number of hydrogen-bond donors (Lipinski definition) is 2. The topological polar surface area (TPSA) is 78.4 Å². The lowest BCUT2D eigenvalue weighted by atomic mass is 10.2. The predicted octanol–water partition coefficient (Wildman–Crippen LogP) is 1.71. The van der Waals surface area contributed by atoms with Crippen LogP contribution in [0.3, 0.4) is 0 Å². The van der Waals surface area contributed by atoms with E-state index in [0.29, 0.717) is 17.9 Å². The SMILES string of the molecule is CC(C)N(CCNc1ccc(C(=O)O)nn1)C(C)C. The lowest BCUT2D eigenvalue weighted by Crippen LogP contribution is -2.40. The number of carboxylic acids is 1. The number of hydrogen-bond acceptors (Lipinski definition) is 5. The Morgan fingerprint density at radius 2 is 1.89 bits per heavy atom. The van der Waals surface area contributed by atoms with Crippen LogP contribution in [0.5, 0.6) is 0 Å². The summed E-state index contributed by atoms with van der Waals surface area (Å²) < 4.78 is 0. The molecule has 0 aliphatic rings. The highest BCUT2D eigenvalue weighted by atomic mass is 16.4. The molecule has 0 amide bonds. The monoisotopic (exact) mass is 266 g/mol. The van der Waals surface area contributed by atoms with Crippen LogP contribution in [0.25, 0.3) is 0 Å². The van der Waals surface area contributed by atoms with Crippen molar-refractivity contribution >= 4 is 11.8 Å². The number of aromatic carboxylic acids is 1. The lowest BCUT2D eigenvalue weighted by molar-refractivity contribution is 0.0689. The van der Waals surface area contributed by atoms with Crippen molar-refractivity contribution in [2.75, 3.05) is 18.4 Å². The number of aromatic nitrogens is 2. The van der Waals surface area contributed by atoms with Crippen LogP contribution in [-0.4, -0.2) is 51.3 Å². The maximum atomic E-state index is 10.6. The van der Waals surface area contributed by atoms with Crippen molar-refractivity contribution in [3.63, 3.8) is 0 Å². The molecule has 0 aromatic carbocycles. The summed E-state index contributed by atoms with van der Waals surface area (Å²) in [5.74, 6) is -0.470. The molecule has 0 saturated heterocycles. The summed E-state index contributed by atoms with van der Waals surface area (Å²) in [6.45, 7) is 10.3. The number of nitrogens with one attached hydrogen (secondary N) is 1. The highest BCUT2D eigenvalue weighted by Crippen LogP contribution is 2.05. The number of carboxylic acid groups (broad SMARTS) is 1. The lowest BCUT2D eigenvalue weighted by Gasteiger charge is -2.30. The van der Waals surface area contributed by atoms with E-state index in [0.717, 1.165) is 13.1 Å². The molecule has 0 saturated carbocycles. The van der Waals surface area contributed by atoms with Crippen LogP contribution in [-0.2, 0) is 0 Å². The summed E-state index contributed by atoms with van der Waals surface area (Å²) in [5, 5.41) is 19.3. The van der Waals surface area contributed by atoms with Crippen LogP contribution in [0.4, 0.5) is 5.82 Å². The van der Waals surface area contributed by atoms with Gasteiger partial charge in [0.05, 0.1) is 0 Å². The molecular weight excluding hydrogens is 244 g/mol. The van der Waals surface area contributed by atoms with Crippen LogP contribution in [0.2, 0.25) is 0 Å². The Labute approximate surface area is 113 Å². The van der Waals surface area contributed by atoms with E-state index in [9.17, 15) is 4.79 Å². The summed E-state index contributed by atoms with van der Waals surface area (Å²) in [6.07, 6.45) is 0. The van der Waals surface area contributed by atoms with Crippen molar-refractivity contribution in [3.05, 3.63) is 17.8 Å². The third-order valence-corrected chi connectivity index (χ3v) is 2.89. The second-order valence-corrected chi connectivity index (χ2v) is 4.96. The van der Waals surface area contributed by atoms with Crippen molar-refractivity contribution in [2.45, 2.75) is 39.8 Å². The molecule has 2 N–H and O–H groups in total. The molecule has 1 aromatic heterocycles. The second-order valence-electron chi connectivity index (χ2n) is 4.96. The van der Waals surface area contributed by atoms with E-state index in [-0.39, 0.29) is 5.69 Å². The largest absolute Gasteiger partial charge is 0.476 e. The minimum atomic E-state index is -1.06. The van der Waals surface area contributed by atoms with Gasteiger partial charge >= 0.3 is 5.97 Å². The van der Waals surface area contributed by atoms with Crippen molar-refractivity contribution in [1.29, 1.82) is 0 Å². The van der Waals surface area contributed by atoms with Gasteiger partial charge in [-0.15, -0.1) is 10.2 Å². The molecule has 0 radical (unpaired) electrons. The minimum Gasteiger partial charge on any atom is -0.476 e. The average molecular weight is 266 g/mol. The van der Waals surface area contributed by atoms with Gasteiger partial charge in [0.1, 0.15) is 5.82 Å². The molecule has 1 aromatic rings. The zero-order valence-electron chi connectivity index (χ0n) is 11.9. The summed E-state index contributed by atoms with van der Waals surface area (Å²) in [7, 11) is 0. The van der Waals surface area contributed by atoms with Gasteiger partial charge < -0.3 is 10.4 Å². The second kappa shape index (κ2) is 7.04. The first-order chi connectivity index (χ1) is 8.91. The Bertz CT molecular complexity index is 396. The summed E-state index contributed by atoms with van der Waals surface area (Å²) in [6, 6.07) is 4.05. The van der Waals surface area contributed by atoms with E-state index in [4.69, 9.17) is 5.11 Å². The Kier molecular flexibility index (Phi) is 5.69. The third kappa shape index (κ3) is 4.82. The van der Waals surface area contributed by atoms with E-state index in [1.807, 2.05) is 0 Å². The predicted molar refractivity (Wildman–Crippen MR) is 74.5 cm³/mol. The fourth-order valence-electron chi connectivity index (χ4n) is 1.97. The molecule has 0 aliphatic carbocycles. The van der Waals surface area contributed by atoms with Gasteiger partial charge in [0.25, 0.3) is 0 Å². The number of carbonyl (C=O) groups is 1. The van der Waals surface area contributed by atoms with E-state index in [1.165, 1.54) is 6.07 Å². The molecule has 0 bridgehead atoms. The van der Waals surface area contributed by atoms with Gasteiger partial charge in [-0.3, -0.25) is 4.90 Å². The highest BCUT2D eigenvalue weighted by Gasteiger charge is 2.12. The quantitative estimate of drug-likeness (QED) is 0.782. The molecule has 19 heavy (non-hydrogen) atoms. The summed E-state index contributed by atoms with van der Waals surface area (Å²) in [4.78, 5) is 13.0. The van der Waals surface area contributed by atoms with Gasteiger partial charge in [-0.2, -0.15) is 0 Å². The molecule has 0 spiro atoms. The van der Waals surface area contributed by atoms with E-state index < -0.39 is 5.97 Å². The van der Waals surface area contributed by atoms with E-state index in [2.05, 4.69) is 48.1 Å². The zero-order valence-corrected chi connectivity index (χ0v) is 11.9. The number of rotatable bonds is 7. The van der Waals surface area contributed by atoms with Gasteiger partial charge in [-0.05, 0) is 39.8 Å². The third-order valence-electron chi connectivity index (χ3n) is 2.89. The first-order valence-corrected chi connectivity index (χ1v) is 6.48. The summed E-state index contributed by atoms with van der Waals surface area (Å²) in [5.41, 5.74) is -0.0449. The Morgan fingerprint density at radius 3 is 2.32 bits per heavy atom. The maximum Gasteiger partial charge on any atom is 0.356 e. The first-order valence-electron chi connectivity index (χ1n) is 6.48. The van der Waals surface area contributed by atoms with E-state index in [1.54, 1.807) is 6.07 Å². The minimum absolute atomic E-state index is 0.0449. The first kappa shape index (κ1) is 15.4. The maximum absolute atomic E-state index is 10.6. The molecule has 0 atom stereocenters. The fraction of sp³-hybridized carbons (Fsp3) is 0.615. The van der Waals surface area contributed by atoms with Gasteiger partial charge in [0.15, 0.2) is 5.69 Å². The smallest absolute Gasteiger partial charge is 0.356 e. The van der Waals surface area contributed by atoms with Crippen LogP contribution < -0.4 is 5.32 Å². The van der Waals surface area contributed by atoms with Gasteiger partial charge in [0, 0.05) is 25.2 Å². The van der Waals surface area contributed by atoms with E-state index >= 15 is 0 Å². The average Bonchev–Trinajstić information content (AvgIpc) is 2.34. The van der Waals surface area contributed by atoms with Crippen molar-refractivity contribution in [3.8, 4) is 0 Å². The van der Waals surface area contributed by atoms with Crippen LogP contribution >= 0.6 is 0 Å². The molecule has 1 heterocycles. The highest BCUT2D eigenvalue weighted by molar-refractivity contribution is 5.85. The summed E-state index contributed by atoms with van der Waals surface area (Å²) >= 11 is 0. The fourth-order valence-corrected chi connectivity index (χ4v) is 1.97. The van der Waals surface area contributed by atoms with Gasteiger partial charge in [-0.25, -0.2) is 4.79 Å². The Morgan fingerprint density at radius 1 is 1.26 bits per heavy atom. The molecule has 6 nitrogen and oxygen atoms in total. The molecule has 6 heteroatoms. The Hall–Kier alpha value is -1.69. The molecule has 106 valence electrons. The molecule has 0 fully saturated rings. The molecule has 1 rings (SSSR count). The number of nitrogens with zero attached hydrogens (tertiary/aromatic N) is 3. The molecule has 0 unspecified atom stereocenters. The van der Waals surface area contributed by atoms with Crippen LogP contribution in [0.15, 0.2) is 12.1 Å². The zero-order chi connectivity index (χ0) is 14.4. The van der Waals surface area contributed by atoms with Crippen LogP contribution in [0, 0.1) is 0 Å². The standard InChI is InChI=1S/C13H22N4O2/c1-9(2)17(10(3)4)8-7-14-12-6-5-11(13(18)19)15-16-12/h5-6,9-10H,7-8H2,1-4H3,(H,14,16)(H,18,19). The Balaban J connectivity index is 2.46. The number of anilines is 1. The molecular formula is C13H22N4O2. The van der Waals surface area contributed by atoms with Crippen molar-refractivity contribution < 1.29 is 9.90 Å². The van der Waals surface area contributed by atoms with Crippen molar-refractivity contribution in [2.24, 2.45) is 0 Å². The van der Waals surface area contributed by atoms with Gasteiger partial charge in [0.2, 0.25) is 0 Å². The molecule has 0 aliphatic heterocycles.